The Balaban J connectivity index is 2.01. The Kier molecular flexibility index (Phi) is 3.87. The third-order valence-electron chi connectivity index (χ3n) is 1.99. The van der Waals surface area contributed by atoms with E-state index in [0.717, 1.165) is 11.8 Å². The molecular weight excluding hydrogens is 243 g/mol. The van der Waals surface area contributed by atoms with E-state index in [-0.39, 0.29) is 11.6 Å². The molecule has 0 fully saturated rings. The van der Waals surface area contributed by atoms with Crippen molar-refractivity contribution in [3.8, 4) is 0 Å². The van der Waals surface area contributed by atoms with Gasteiger partial charge in [0.25, 0.3) is 5.22 Å². The number of benzene rings is 1. The van der Waals surface area contributed by atoms with Crippen molar-refractivity contribution in [2.75, 3.05) is 5.75 Å². The highest BCUT2D eigenvalue weighted by molar-refractivity contribution is 7.99. The third kappa shape index (κ3) is 3.39. The summed E-state index contributed by atoms with van der Waals surface area (Å²) < 4.78 is 18.0. The zero-order valence-corrected chi connectivity index (χ0v) is 9.61. The van der Waals surface area contributed by atoms with Crippen molar-refractivity contribution in [2.45, 2.75) is 11.6 Å². The first kappa shape index (κ1) is 11.8. The van der Waals surface area contributed by atoms with E-state index >= 15 is 0 Å². The Bertz CT molecular complexity index is 498. The predicted octanol–water partition coefficient (Wildman–Crippen LogP) is 2.09. The van der Waals surface area contributed by atoms with Crippen LogP contribution in [-0.4, -0.2) is 22.2 Å². The van der Waals surface area contributed by atoms with E-state index in [0.29, 0.717) is 17.5 Å². The average Bonchev–Trinajstić information content (AvgIpc) is 2.77. The van der Waals surface area contributed by atoms with Crippen LogP contribution >= 0.6 is 11.8 Å². The van der Waals surface area contributed by atoms with Gasteiger partial charge in [0, 0.05) is 0 Å². The maximum atomic E-state index is 12.7. The Morgan fingerprint density at radius 2 is 2.06 bits per heavy atom. The number of thioether (sulfide) groups is 1. The fourth-order valence-corrected chi connectivity index (χ4v) is 1.71. The quantitative estimate of drug-likeness (QED) is 0.602. The van der Waals surface area contributed by atoms with Gasteiger partial charge in [-0.15, -0.1) is 10.2 Å². The zero-order chi connectivity index (χ0) is 12.1. The van der Waals surface area contributed by atoms with Crippen LogP contribution in [0.25, 0.3) is 0 Å². The Morgan fingerprint density at radius 1 is 1.29 bits per heavy atom. The Morgan fingerprint density at radius 3 is 2.76 bits per heavy atom. The van der Waals surface area contributed by atoms with Gasteiger partial charge in [0.1, 0.15) is 12.1 Å². The number of hydrogen-bond donors (Lipinski definition) is 0. The summed E-state index contributed by atoms with van der Waals surface area (Å²) in [6, 6.07) is 6.09. The number of aromatic nitrogens is 2. The molecule has 0 radical (unpaired) electrons. The number of carbonyl (C=O) groups excluding carboxylic acids is 1. The average molecular weight is 252 g/mol. The van der Waals surface area contributed by atoms with Gasteiger partial charge in [-0.1, -0.05) is 23.9 Å². The molecule has 0 aliphatic rings. The summed E-state index contributed by atoms with van der Waals surface area (Å²) in [5.41, 5.74) is 0.891. The molecule has 0 saturated carbocycles. The van der Waals surface area contributed by atoms with Gasteiger partial charge >= 0.3 is 0 Å². The molecule has 1 aromatic carbocycles. The largest absolute Gasteiger partial charge is 0.416 e. The lowest BCUT2D eigenvalue weighted by Gasteiger charge is -1.95. The van der Waals surface area contributed by atoms with Crippen LogP contribution in [0.1, 0.15) is 11.5 Å². The SMILES string of the molecule is O=CCSc1nnc(Cc2ccc(F)cc2)o1. The fourth-order valence-electron chi connectivity index (χ4n) is 1.25. The smallest absolute Gasteiger partial charge is 0.277 e. The first-order valence-corrected chi connectivity index (χ1v) is 5.90. The predicted molar refractivity (Wildman–Crippen MR) is 60.3 cm³/mol. The minimum atomic E-state index is -0.276. The maximum Gasteiger partial charge on any atom is 0.277 e. The summed E-state index contributed by atoms with van der Waals surface area (Å²) in [4.78, 5) is 10.2. The Hall–Kier alpha value is -1.69. The summed E-state index contributed by atoms with van der Waals surface area (Å²) in [5, 5.41) is 7.99. The van der Waals surface area contributed by atoms with Crippen LogP contribution in [0.15, 0.2) is 33.9 Å². The second kappa shape index (κ2) is 5.58. The van der Waals surface area contributed by atoms with Crippen LogP contribution in [0.4, 0.5) is 4.39 Å². The van der Waals surface area contributed by atoms with Gasteiger partial charge in [-0.3, -0.25) is 0 Å². The van der Waals surface area contributed by atoms with Crippen molar-refractivity contribution < 1.29 is 13.6 Å². The molecule has 0 spiro atoms. The molecule has 0 bridgehead atoms. The molecule has 17 heavy (non-hydrogen) atoms. The normalized spacial score (nSPS) is 10.4. The van der Waals surface area contributed by atoms with Crippen molar-refractivity contribution in [3.63, 3.8) is 0 Å². The molecular formula is C11H9FN2O2S. The second-order valence-electron chi connectivity index (χ2n) is 3.24. The van der Waals surface area contributed by atoms with Crippen molar-refractivity contribution in [2.24, 2.45) is 0 Å². The molecule has 0 aliphatic heterocycles. The van der Waals surface area contributed by atoms with Gasteiger partial charge in [-0.05, 0) is 17.7 Å². The van der Waals surface area contributed by atoms with Crippen LogP contribution in [0.5, 0.6) is 0 Å². The molecule has 6 heteroatoms. The lowest BCUT2D eigenvalue weighted by molar-refractivity contribution is -0.105. The number of halogens is 1. The van der Waals surface area contributed by atoms with E-state index in [1.54, 1.807) is 12.1 Å². The number of carbonyl (C=O) groups is 1. The number of rotatable bonds is 5. The van der Waals surface area contributed by atoms with Crippen LogP contribution in [-0.2, 0) is 11.2 Å². The molecule has 4 nitrogen and oxygen atoms in total. The first-order valence-electron chi connectivity index (χ1n) is 4.91. The van der Waals surface area contributed by atoms with Crippen molar-refractivity contribution >= 4 is 18.0 Å². The van der Waals surface area contributed by atoms with E-state index in [9.17, 15) is 9.18 Å². The van der Waals surface area contributed by atoms with Gasteiger partial charge in [0.05, 0.1) is 12.2 Å². The highest BCUT2D eigenvalue weighted by atomic mass is 32.2. The summed E-state index contributed by atoms with van der Waals surface area (Å²) in [6.45, 7) is 0. The fraction of sp³-hybridized carbons (Fsp3) is 0.182. The molecule has 0 N–H and O–H groups in total. The molecule has 1 aromatic heterocycles. The van der Waals surface area contributed by atoms with Crippen molar-refractivity contribution in [1.29, 1.82) is 0 Å². The molecule has 2 aromatic rings. The lowest BCUT2D eigenvalue weighted by Crippen LogP contribution is -1.88. The van der Waals surface area contributed by atoms with E-state index in [4.69, 9.17) is 4.42 Å². The van der Waals surface area contributed by atoms with E-state index in [2.05, 4.69) is 10.2 Å². The molecule has 0 amide bonds. The summed E-state index contributed by atoms with van der Waals surface area (Å²) in [5.74, 6) is 0.463. The first-order chi connectivity index (χ1) is 8.28. The van der Waals surface area contributed by atoms with Crippen LogP contribution < -0.4 is 0 Å². The standard InChI is InChI=1S/C11H9FN2O2S/c12-9-3-1-8(2-4-9)7-10-13-14-11(16-10)17-6-5-15/h1-5H,6-7H2. The highest BCUT2D eigenvalue weighted by Crippen LogP contribution is 2.16. The third-order valence-corrected chi connectivity index (χ3v) is 2.71. The maximum absolute atomic E-state index is 12.7. The van der Waals surface area contributed by atoms with E-state index in [1.165, 1.54) is 23.9 Å². The number of nitrogens with zero attached hydrogens (tertiary/aromatic N) is 2. The van der Waals surface area contributed by atoms with Gasteiger partial charge in [-0.2, -0.15) is 0 Å². The molecule has 88 valence electrons. The van der Waals surface area contributed by atoms with E-state index in [1.807, 2.05) is 0 Å². The molecule has 0 unspecified atom stereocenters. The number of hydrogen-bond acceptors (Lipinski definition) is 5. The van der Waals surface area contributed by atoms with Gasteiger partial charge in [0.2, 0.25) is 5.89 Å². The van der Waals surface area contributed by atoms with Crippen LogP contribution in [0.3, 0.4) is 0 Å². The van der Waals surface area contributed by atoms with E-state index < -0.39 is 0 Å². The second-order valence-corrected chi connectivity index (χ2v) is 4.21. The Labute approximate surface area is 101 Å². The van der Waals surface area contributed by atoms with Gasteiger partial charge in [0.15, 0.2) is 0 Å². The molecule has 1 heterocycles. The molecule has 2 rings (SSSR count). The monoisotopic (exact) mass is 252 g/mol. The lowest BCUT2D eigenvalue weighted by atomic mass is 10.1. The summed E-state index contributed by atoms with van der Waals surface area (Å²) >= 11 is 1.19. The molecule has 0 atom stereocenters. The van der Waals surface area contributed by atoms with Crippen LogP contribution in [0.2, 0.25) is 0 Å². The zero-order valence-electron chi connectivity index (χ0n) is 8.80. The summed E-state index contributed by atoms with van der Waals surface area (Å²) in [7, 11) is 0. The minimum Gasteiger partial charge on any atom is -0.416 e. The van der Waals surface area contributed by atoms with Gasteiger partial charge < -0.3 is 9.21 Å². The summed E-state index contributed by atoms with van der Waals surface area (Å²) in [6.07, 6.45) is 1.23. The highest BCUT2D eigenvalue weighted by Gasteiger charge is 2.07. The molecule has 0 aliphatic carbocycles. The van der Waals surface area contributed by atoms with Crippen molar-refractivity contribution in [1.82, 2.24) is 10.2 Å². The number of aldehydes is 1. The minimum absolute atomic E-state index is 0.276. The van der Waals surface area contributed by atoms with Gasteiger partial charge in [-0.25, -0.2) is 4.39 Å². The van der Waals surface area contributed by atoms with Crippen LogP contribution in [0, 0.1) is 5.82 Å². The topological polar surface area (TPSA) is 56.0 Å². The molecule has 0 saturated heterocycles. The van der Waals surface area contributed by atoms with Crippen molar-refractivity contribution in [3.05, 3.63) is 41.5 Å².